The van der Waals surface area contributed by atoms with Crippen LogP contribution >= 0.6 is 0 Å². The summed E-state index contributed by atoms with van der Waals surface area (Å²) in [6.45, 7) is 3.74. The van der Waals surface area contributed by atoms with E-state index in [1.54, 1.807) is 16.8 Å². The van der Waals surface area contributed by atoms with E-state index in [9.17, 15) is 4.79 Å². The summed E-state index contributed by atoms with van der Waals surface area (Å²) in [6.07, 6.45) is 0.463. The van der Waals surface area contributed by atoms with Gasteiger partial charge >= 0.3 is 0 Å². The highest BCUT2D eigenvalue weighted by atomic mass is 16.5. The molecular weight excluding hydrogens is 228 g/mol. The predicted octanol–water partition coefficient (Wildman–Crippen LogP) is 3.11. The van der Waals surface area contributed by atoms with E-state index in [2.05, 4.69) is 5.10 Å². The van der Waals surface area contributed by atoms with Gasteiger partial charge in [-0.05, 0) is 19.1 Å². The van der Waals surface area contributed by atoms with Crippen LogP contribution in [0.2, 0.25) is 0 Å². The molecule has 18 heavy (non-hydrogen) atoms. The molecule has 0 N–H and O–H groups in total. The fraction of sp³-hybridized carbons (Fsp3) is 0.286. The molecule has 0 aliphatic rings. The van der Waals surface area contributed by atoms with Gasteiger partial charge in [-0.1, -0.05) is 19.1 Å². The van der Waals surface area contributed by atoms with Crippen molar-refractivity contribution in [3.63, 3.8) is 0 Å². The molecule has 0 aliphatic carbocycles. The monoisotopic (exact) mass is 244 g/mol. The first kappa shape index (κ1) is 12.4. The third kappa shape index (κ3) is 2.42. The van der Waals surface area contributed by atoms with E-state index >= 15 is 0 Å². The first-order valence-electron chi connectivity index (χ1n) is 5.92. The second kappa shape index (κ2) is 5.04. The summed E-state index contributed by atoms with van der Waals surface area (Å²) in [5, 5.41) is 4.21. The number of hydrogen-bond acceptors (Lipinski definition) is 3. The molecule has 2 rings (SSSR count). The number of carbonyl (C=O) groups is 1. The molecule has 0 saturated carbocycles. The smallest absolute Gasteiger partial charge is 0.217 e. The lowest BCUT2D eigenvalue weighted by Gasteiger charge is -2.09. The highest BCUT2D eigenvalue weighted by Gasteiger charge is 2.12. The van der Waals surface area contributed by atoms with Crippen LogP contribution in [0.3, 0.4) is 0 Å². The van der Waals surface area contributed by atoms with E-state index in [0.717, 1.165) is 5.69 Å². The van der Waals surface area contributed by atoms with Crippen molar-refractivity contribution in [2.24, 2.45) is 7.05 Å². The molecule has 1 aromatic carbocycles. The standard InChI is InChI=1S/C14H16N2O2/c1-4-12(17)11-7-5-6-8-13(11)18-14-9-10(2)15-16(14)3/h5-9H,4H2,1-3H3. The lowest BCUT2D eigenvalue weighted by atomic mass is 10.1. The molecule has 0 spiro atoms. The minimum Gasteiger partial charge on any atom is -0.439 e. The summed E-state index contributed by atoms with van der Waals surface area (Å²) in [7, 11) is 1.81. The predicted molar refractivity (Wildman–Crippen MR) is 69.1 cm³/mol. The van der Waals surface area contributed by atoms with Gasteiger partial charge in [0.05, 0.1) is 11.3 Å². The second-order valence-corrected chi connectivity index (χ2v) is 4.12. The molecule has 0 unspecified atom stereocenters. The number of aryl methyl sites for hydroxylation is 2. The Balaban J connectivity index is 2.34. The van der Waals surface area contributed by atoms with E-state index in [1.807, 2.05) is 39.1 Å². The first-order chi connectivity index (χ1) is 8.61. The molecule has 4 heteroatoms. The highest BCUT2D eigenvalue weighted by Crippen LogP contribution is 2.26. The van der Waals surface area contributed by atoms with Gasteiger partial charge in [0.25, 0.3) is 0 Å². The largest absolute Gasteiger partial charge is 0.439 e. The molecule has 4 nitrogen and oxygen atoms in total. The third-order valence-corrected chi connectivity index (χ3v) is 2.68. The van der Waals surface area contributed by atoms with Crippen molar-refractivity contribution in [3.05, 3.63) is 41.6 Å². The first-order valence-corrected chi connectivity index (χ1v) is 5.92. The number of ether oxygens (including phenoxy) is 1. The summed E-state index contributed by atoms with van der Waals surface area (Å²) in [5.74, 6) is 1.28. The maximum Gasteiger partial charge on any atom is 0.217 e. The van der Waals surface area contributed by atoms with Crippen LogP contribution in [0.5, 0.6) is 11.6 Å². The number of nitrogens with zero attached hydrogens (tertiary/aromatic N) is 2. The van der Waals surface area contributed by atoms with Gasteiger partial charge in [-0.3, -0.25) is 4.79 Å². The van der Waals surface area contributed by atoms with Crippen LogP contribution in [0.15, 0.2) is 30.3 Å². The van der Waals surface area contributed by atoms with Crippen LogP contribution in [-0.4, -0.2) is 15.6 Å². The Bertz CT molecular complexity index is 573. The molecule has 0 bridgehead atoms. The minimum atomic E-state index is 0.0736. The molecule has 94 valence electrons. The van der Waals surface area contributed by atoms with Crippen molar-refractivity contribution in [2.75, 3.05) is 0 Å². The summed E-state index contributed by atoms with van der Waals surface area (Å²) < 4.78 is 7.42. The van der Waals surface area contributed by atoms with Gasteiger partial charge < -0.3 is 4.74 Å². The quantitative estimate of drug-likeness (QED) is 0.776. The summed E-state index contributed by atoms with van der Waals surface area (Å²) >= 11 is 0. The van der Waals surface area contributed by atoms with Crippen molar-refractivity contribution in [3.8, 4) is 11.6 Å². The van der Waals surface area contributed by atoms with Gasteiger partial charge in [0.2, 0.25) is 5.88 Å². The Kier molecular flexibility index (Phi) is 3.46. The molecular formula is C14H16N2O2. The van der Waals surface area contributed by atoms with Crippen LogP contribution in [0, 0.1) is 6.92 Å². The topological polar surface area (TPSA) is 44.1 Å². The van der Waals surface area contributed by atoms with Gasteiger partial charge in [0.15, 0.2) is 5.78 Å². The zero-order chi connectivity index (χ0) is 13.1. The van der Waals surface area contributed by atoms with E-state index in [0.29, 0.717) is 23.6 Å². The summed E-state index contributed by atoms with van der Waals surface area (Å²) in [4.78, 5) is 11.8. The van der Waals surface area contributed by atoms with Crippen molar-refractivity contribution < 1.29 is 9.53 Å². The number of aromatic nitrogens is 2. The zero-order valence-corrected chi connectivity index (χ0v) is 10.8. The van der Waals surface area contributed by atoms with Gasteiger partial charge in [-0.25, -0.2) is 4.68 Å². The van der Waals surface area contributed by atoms with Crippen molar-refractivity contribution in [1.82, 2.24) is 9.78 Å². The van der Waals surface area contributed by atoms with E-state index in [1.165, 1.54) is 0 Å². The van der Waals surface area contributed by atoms with Crippen molar-refractivity contribution in [1.29, 1.82) is 0 Å². The fourth-order valence-corrected chi connectivity index (χ4v) is 1.77. The molecule has 2 aromatic rings. The van der Waals surface area contributed by atoms with Gasteiger partial charge in [-0.2, -0.15) is 5.10 Å². The van der Waals surface area contributed by atoms with Crippen LogP contribution < -0.4 is 4.74 Å². The summed E-state index contributed by atoms with van der Waals surface area (Å²) in [5.41, 5.74) is 1.49. The van der Waals surface area contributed by atoms with Gasteiger partial charge in [0, 0.05) is 19.5 Å². The Labute approximate surface area is 106 Å². The zero-order valence-electron chi connectivity index (χ0n) is 10.8. The fourth-order valence-electron chi connectivity index (χ4n) is 1.77. The van der Waals surface area contributed by atoms with Crippen LogP contribution in [0.25, 0.3) is 0 Å². The van der Waals surface area contributed by atoms with Crippen LogP contribution in [0.4, 0.5) is 0 Å². The number of para-hydroxylation sites is 1. The average Bonchev–Trinajstić information content (AvgIpc) is 2.67. The van der Waals surface area contributed by atoms with Crippen molar-refractivity contribution in [2.45, 2.75) is 20.3 Å². The van der Waals surface area contributed by atoms with Gasteiger partial charge in [0.1, 0.15) is 5.75 Å². The lowest BCUT2D eigenvalue weighted by Crippen LogP contribution is -2.01. The van der Waals surface area contributed by atoms with Crippen LogP contribution in [0.1, 0.15) is 29.4 Å². The average molecular weight is 244 g/mol. The van der Waals surface area contributed by atoms with Crippen molar-refractivity contribution >= 4 is 5.78 Å². The Morgan fingerprint density at radius 3 is 2.72 bits per heavy atom. The molecule has 0 radical (unpaired) electrons. The van der Waals surface area contributed by atoms with E-state index in [4.69, 9.17) is 4.74 Å². The third-order valence-electron chi connectivity index (χ3n) is 2.68. The van der Waals surface area contributed by atoms with E-state index in [-0.39, 0.29) is 5.78 Å². The Hall–Kier alpha value is -2.10. The molecule has 0 amide bonds. The second-order valence-electron chi connectivity index (χ2n) is 4.12. The summed E-state index contributed by atoms with van der Waals surface area (Å²) in [6, 6.07) is 9.11. The molecule has 0 saturated heterocycles. The number of Topliss-reactive ketones (excluding diaryl/α,β-unsaturated/α-hetero) is 1. The highest BCUT2D eigenvalue weighted by molar-refractivity contribution is 5.98. The number of ketones is 1. The maximum absolute atomic E-state index is 11.8. The maximum atomic E-state index is 11.8. The number of benzene rings is 1. The number of rotatable bonds is 4. The number of hydrogen-bond donors (Lipinski definition) is 0. The Morgan fingerprint density at radius 2 is 2.11 bits per heavy atom. The van der Waals surface area contributed by atoms with Gasteiger partial charge in [-0.15, -0.1) is 0 Å². The number of carbonyl (C=O) groups excluding carboxylic acids is 1. The molecule has 1 aromatic heterocycles. The molecule has 0 atom stereocenters. The Morgan fingerprint density at radius 1 is 1.39 bits per heavy atom. The normalized spacial score (nSPS) is 10.4. The minimum absolute atomic E-state index is 0.0736. The lowest BCUT2D eigenvalue weighted by molar-refractivity contribution is 0.0986. The molecule has 0 aliphatic heterocycles. The van der Waals surface area contributed by atoms with Crippen LogP contribution in [-0.2, 0) is 7.05 Å². The van der Waals surface area contributed by atoms with E-state index < -0.39 is 0 Å². The SMILES string of the molecule is CCC(=O)c1ccccc1Oc1cc(C)nn1C. The molecule has 1 heterocycles. The molecule has 0 fully saturated rings.